The Morgan fingerprint density at radius 3 is 2.03 bits per heavy atom. The maximum atomic E-state index is 13.9. The molecule has 0 aliphatic heterocycles. The molecule has 0 unspecified atom stereocenters. The van der Waals surface area contributed by atoms with E-state index in [0.29, 0.717) is 17.2 Å². The van der Waals surface area contributed by atoms with E-state index in [-0.39, 0.29) is 29.6 Å². The number of sulfonamides is 1. The number of benzene rings is 3. The number of anilines is 1. The number of aryl methyl sites for hydroxylation is 2. The fraction of sp³-hybridized carbons (Fsp3) is 0.296. The summed E-state index contributed by atoms with van der Waals surface area (Å²) in [7, 11) is 1.98. The largest absolute Gasteiger partial charge is 0.496 e. The van der Waals surface area contributed by atoms with Gasteiger partial charge in [0.15, 0.2) is 11.5 Å². The van der Waals surface area contributed by atoms with Crippen molar-refractivity contribution in [3.05, 3.63) is 77.4 Å². The van der Waals surface area contributed by atoms with Crippen LogP contribution >= 0.6 is 0 Å². The average molecular weight is 513 g/mol. The summed E-state index contributed by atoms with van der Waals surface area (Å²) in [4.78, 5) is 14.8. The lowest BCUT2D eigenvalue weighted by Crippen LogP contribution is -2.41. The summed E-state index contributed by atoms with van der Waals surface area (Å²) in [5.74, 6) is 0.964. The first-order valence-corrected chi connectivity index (χ1v) is 12.7. The van der Waals surface area contributed by atoms with Crippen molar-refractivity contribution in [2.24, 2.45) is 0 Å². The molecule has 0 N–H and O–H groups in total. The molecule has 0 aliphatic carbocycles. The van der Waals surface area contributed by atoms with Gasteiger partial charge in [0.1, 0.15) is 12.3 Å². The fourth-order valence-corrected chi connectivity index (χ4v) is 5.35. The van der Waals surface area contributed by atoms with E-state index in [1.165, 1.54) is 37.3 Å². The number of amides is 1. The SMILES string of the molecule is COc1ccccc1CN(C)C(=O)CN(c1cc(C)cc(C)c1)S(=O)(=O)c1ccc(OC)c(OC)c1. The van der Waals surface area contributed by atoms with Gasteiger partial charge < -0.3 is 19.1 Å². The lowest BCUT2D eigenvalue weighted by molar-refractivity contribution is -0.128. The molecule has 0 aliphatic rings. The summed E-state index contributed by atoms with van der Waals surface area (Å²) < 4.78 is 44.8. The lowest BCUT2D eigenvalue weighted by Gasteiger charge is -2.27. The Balaban J connectivity index is 2.00. The molecule has 3 aromatic carbocycles. The molecule has 0 atom stereocenters. The Bertz CT molecular complexity index is 1320. The lowest BCUT2D eigenvalue weighted by atomic mass is 10.1. The minimum atomic E-state index is -4.13. The number of para-hydroxylation sites is 1. The van der Waals surface area contributed by atoms with E-state index < -0.39 is 10.0 Å². The van der Waals surface area contributed by atoms with Gasteiger partial charge in [0, 0.05) is 25.2 Å². The molecule has 0 saturated carbocycles. The summed E-state index contributed by atoms with van der Waals surface area (Å²) in [6, 6.07) is 17.2. The number of likely N-dealkylation sites (N-methyl/N-ethyl adjacent to an activating group) is 1. The molecule has 0 spiro atoms. The van der Waals surface area contributed by atoms with E-state index in [0.717, 1.165) is 21.0 Å². The molecule has 8 nitrogen and oxygen atoms in total. The van der Waals surface area contributed by atoms with E-state index in [9.17, 15) is 13.2 Å². The summed E-state index contributed by atoms with van der Waals surface area (Å²) in [5.41, 5.74) is 2.98. The van der Waals surface area contributed by atoms with E-state index >= 15 is 0 Å². The number of carbonyl (C=O) groups is 1. The van der Waals surface area contributed by atoms with Crippen LogP contribution < -0.4 is 18.5 Å². The van der Waals surface area contributed by atoms with Crippen molar-refractivity contribution < 1.29 is 27.4 Å². The molecule has 0 radical (unpaired) electrons. The first kappa shape index (κ1) is 26.9. The van der Waals surface area contributed by atoms with Crippen molar-refractivity contribution >= 4 is 21.6 Å². The molecule has 192 valence electrons. The smallest absolute Gasteiger partial charge is 0.264 e. The monoisotopic (exact) mass is 512 g/mol. The molecule has 0 heterocycles. The van der Waals surface area contributed by atoms with Crippen LogP contribution in [0, 0.1) is 13.8 Å². The molecule has 3 rings (SSSR count). The maximum Gasteiger partial charge on any atom is 0.264 e. The summed E-state index contributed by atoms with van der Waals surface area (Å²) in [5, 5.41) is 0. The first-order chi connectivity index (χ1) is 17.1. The Kier molecular flexibility index (Phi) is 8.47. The number of carbonyl (C=O) groups excluding carboxylic acids is 1. The summed E-state index contributed by atoms with van der Waals surface area (Å²) >= 11 is 0. The van der Waals surface area contributed by atoms with Gasteiger partial charge >= 0.3 is 0 Å². The van der Waals surface area contributed by atoms with Crippen molar-refractivity contribution in [2.45, 2.75) is 25.3 Å². The van der Waals surface area contributed by atoms with Crippen molar-refractivity contribution in [2.75, 3.05) is 39.2 Å². The quantitative estimate of drug-likeness (QED) is 0.405. The van der Waals surface area contributed by atoms with Gasteiger partial charge in [-0.1, -0.05) is 24.3 Å². The number of ether oxygens (including phenoxy) is 3. The van der Waals surface area contributed by atoms with Crippen LogP contribution in [-0.4, -0.2) is 54.1 Å². The van der Waals surface area contributed by atoms with Crippen molar-refractivity contribution in [3.8, 4) is 17.2 Å². The van der Waals surface area contributed by atoms with Gasteiger partial charge in [-0.3, -0.25) is 9.10 Å². The van der Waals surface area contributed by atoms with Gasteiger partial charge in [-0.2, -0.15) is 0 Å². The molecule has 3 aromatic rings. The molecular weight excluding hydrogens is 480 g/mol. The topological polar surface area (TPSA) is 85.4 Å². The molecule has 0 aromatic heterocycles. The maximum absolute atomic E-state index is 13.9. The molecule has 0 fully saturated rings. The van der Waals surface area contributed by atoms with Crippen LogP contribution in [0.4, 0.5) is 5.69 Å². The molecule has 9 heteroatoms. The number of hydrogen-bond donors (Lipinski definition) is 0. The van der Waals surface area contributed by atoms with Crippen molar-refractivity contribution in [1.29, 1.82) is 0 Å². The van der Waals surface area contributed by atoms with Gasteiger partial charge in [0.2, 0.25) is 5.91 Å². The number of methoxy groups -OCH3 is 3. The van der Waals surface area contributed by atoms with Crippen LogP contribution in [0.1, 0.15) is 16.7 Å². The highest BCUT2D eigenvalue weighted by Crippen LogP contribution is 2.33. The second-order valence-corrected chi connectivity index (χ2v) is 10.3. The third-order valence-corrected chi connectivity index (χ3v) is 7.51. The highest BCUT2D eigenvalue weighted by Gasteiger charge is 2.30. The van der Waals surface area contributed by atoms with Crippen LogP contribution in [-0.2, 0) is 21.4 Å². The number of hydrogen-bond acceptors (Lipinski definition) is 6. The zero-order valence-corrected chi connectivity index (χ0v) is 22.3. The molecule has 0 saturated heterocycles. The van der Waals surface area contributed by atoms with E-state index in [4.69, 9.17) is 14.2 Å². The standard InChI is InChI=1S/C27H32N2O6S/c1-19-13-20(2)15-22(14-19)29(36(31,32)23-11-12-25(34-5)26(16-23)35-6)18-27(30)28(3)17-21-9-7-8-10-24(21)33-4/h7-16H,17-18H2,1-6H3. The summed E-state index contributed by atoms with van der Waals surface area (Å²) in [6.45, 7) is 3.64. The number of nitrogens with zero attached hydrogens (tertiary/aromatic N) is 2. The van der Waals surface area contributed by atoms with Crippen molar-refractivity contribution in [3.63, 3.8) is 0 Å². The Labute approximate surface area is 213 Å². The average Bonchev–Trinajstić information content (AvgIpc) is 2.86. The molecular formula is C27H32N2O6S. The Morgan fingerprint density at radius 2 is 1.42 bits per heavy atom. The van der Waals surface area contributed by atoms with Crippen LogP contribution in [0.25, 0.3) is 0 Å². The first-order valence-electron chi connectivity index (χ1n) is 11.3. The Hall–Kier alpha value is -3.72. The molecule has 1 amide bonds. The highest BCUT2D eigenvalue weighted by atomic mass is 32.2. The van der Waals surface area contributed by atoms with Gasteiger partial charge in [-0.05, 0) is 55.3 Å². The predicted octanol–water partition coefficient (Wildman–Crippen LogP) is 4.18. The predicted molar refractivity (Wildman–Crippen MR) is 139 cm³/mol. The normalized spacial score (nSPS) is 11.1. The van der Waals surface area contributed by atoms with Crippen molar-refractivity contribution in [1.82, 2.24) is 4.90 Å². The summed E-state index contributed by atoms with van der Waals surface area (Å²) in [6.07, 6.45) is 0. The van der Waals surface area contributed by atoms with E-state index in [1.54, 1.807) is 26.3 Å². The molecule has 36 heavy (non-hydrogen) atoms. The van der Waals surface area contributed by atoms with E-state index in [2.05, 4.69) is 0 Å². The van der Waals surface area contributed by atoms with E-state index in [1.807, 2.05) is 44.2 Å². The van der Waals surface area contributed by atoms with Gasteiger partial charge in [0.25, 0.3) is 10.0 Å². The highest BCUT2D eigenvalue weighted by molar-refractivity contribution is 7.92. The molecule has 0 bridgehead atoms. The number of rotatable bonds is 10. The Morgan fingerprint density at radius 1 is 0.806 bits per heavy atom. The van der Waals surface area contributed by atoms with Crippen LogP contribution in [0.15, 0.2) is 65.6 Å². The third kappa shape index (κ3) is 5.91. The van der Waals surface area contributed by atoms with Crippen LogP contribution in [0.2, 0.25) is 0 Å². The zero-order valence-electron chi connectivity index (χ0n) is 21.4. The third-order valence-electron chi connectivity index (χ3n) is 5.74. The second kappa shape index (κ2) is 11.3. The van der Waals surface area contributed by atoms with Crippen LogP contribution in [0.3, 0.4) is 0 Å². The zero-order chi connectivity index (χ0) is 26.5. The van der Waals surface area contributed by atoms with Gasteiger partial charge in [0.05, 0.1) is 31.9 Å². The van der Waals surface area contributed by atoms with Gasteiger partial charge in [-0.25, -0.2) is 8.42 Å². The minimum Gasteiger partial charge on any atom is -0.496 e. The fourth-order valence-electron chi connectivity index (χ4n) is 3.93. The minimum absolute atomic E-state index is 0.0144. The van der Waals surface area contributed by atoms with Crippen LogP contribution in [0.5, 0.6) is 17.2 Å². The van der Waals surface area contributed by atoms with Gasteiger partial charge in [-0.15, -0.1) is 0 Å². The second-order valence-electron chi connectivity index (χ2n) is 8.44.